The van der Waals surface area contributed by atoms with Crippen LogP contribution in [0, 0.1) is 22.7 Å². The second-order valence-electron chi connectivity index (χ2n) is 3.82. The first kappa shape index (κ1) is 12.5. The summed E-state index contributed by atoms with van der Waals surface area (Å²) in [6.45, 7) is -0.0325. The summed E-state index contributed by atoms with van der Waals surface area (Å²) in [7, 11) is 1.67. The number of nitrogens with one attached hydrogen (secondary N) is 1. The number of fused-ring (bicyclic) bond motifs is 1. The van der Waals surface area contributed by atoms with Gasteiger partial charge in [-0.3, -0.25) is 4.79 Å². The quantitative estimate of drug-likeness (QED) is 0.805. The lowest BCUT2D eigenvalue weighted by Gasteiger charge is -2.27. The number of benzene rings is 1. The van der Waals surface area contributed by atoms with E-state index < -0.39 is 0 Å². The Labute approximate surface area is 110 Å². The third-order valence-electron chi connectivity index (χ3n) is 2.68. The predicted octanol–water partition coefficient (Wildman–Crippen LogP) is 1.38. The summed E-state index contributed by atoms with van der Waals surface area (Å²) < 4.78 is 5.39. The number of allylic oxidation sites excluding steroid dienone is 1. The average Bonchev–Trinajstić information content (AvgIpc) is 2.44. The maximum Gasteiger partial charge on any atom is 0.264 e. The molecule has 1 aliphatic rings. The molecule has 1 N–H and O–H groups in total. The van der Waals surface area contributed by atoms with Crippen molar-refractivity contribution in [3.63, 3.8) is 0 Å². The number of ether oxygens (including phenoxy) is 1. The lowest BCUT2D eigenvalue weighted by molar-refractivity contribution is -0.120. The lowest BCUT2D eigenvalue weighted by Crippen LogP contribution is -2.35. The van der Waals surface area contributed by atoms with Crippen LogP contribution in [0.3, 0.4) is 0 Å². The van der Waals surface area contributed by atoms with Gasteiger partial charge >= 0.3 is 0 Å². The molecule has 0 atom stereocenters. The van der Waals surface area contributed by atoms with Crippen LogP contribution in [0.25, 0.3) is 0 Å². The molecule has 0 saturated carbocycles. The van der Waals surface area contributed by atoms with Gasteiger partial charge in [0.2, 0.25) is 0 Å². The molecule has 1 aromatic rings. The molecule has 0 spiro atoms. The third kappa shape index (κ3) is 2.33. The Morgan fingerprint density at radius 2 is 2.21 bits per heavy atom. The highest BCUT2D eigenvalue weighted by Gasteiger charge is 2.24. The molecule has 6 heteroatoms. The summed E-state index contributed by atoms with van der Waals surface area (Å²) >= 11 is 0. The summed E-state index contributed by atoms with van der Waals surface area (Å²) in [5.41, 5.74) is 1.20. The molecule has 0 radical (unpaired) electrons. The fraction of sp³-hybridized carbons (Fsp3) is 0.154. The first-order valence-electron chi connectivity index (χ1n) is 5.46. The second-order valence-corrected chi connectivity index (χ2v) is 3.82. The van der Waals surface area contributed by atoms with Crippen molar-refractivity contribution in [3.05, 3.63) is 30.0 Å². The van der Waals surface area contributed by atoms with E-state index in [1.165, 1.54) is 11.1 Å². The van der Waals surface area contributed by atoms with Gasteiger partial charge in [-0.15, -0.1) is 0 Å². The number of likely N-dealkylation sites (N-methyl/N-ethyl adjacent to an activating group) is 1. The van der Waals surface area contributed by atoms with Gasteiger partial charge in [0, 0.05) is 13.2 Å². The molecular formula is C13H10N4O2. The Morgan fingerprint density at radius 3 is 2.89 bits per heavy atom. The molecule has 0 bridgehead atoms. The van der Waals surface area contributed by atoms with Crippen molar-refractivity contribution in [3.8, 4) is 17.9 Å². The van der Waals surface area contributed by atoms with Gasteiger partial charge in [0.25, 0.3) is 5.91 Å². The molecule has 0 unspecified atom stereocenters. The molecule has 1 aromatic carbocycles. The zero-order chi connectivity index (χ0) is 13.8. The van der Waals surface area contributed by atoms with Gasteiger partial charge in [-0.2, -0.15) is 10.5 Å². The molecular weight excluding hydrogens is 244 g/mol. The topological polar surface area (TPSA) is 89.2 Å². The minimum absolute atomic E-state index is 0.0325. The number of nitrogens with zero attached hydrogens (tertiary/aromatic N) is 3. The normalized spacial score (nSPS) is 12.6. The average molecular weight is 254 g/mol. The highest BCUT2D eigenvalue weighted by molar-refractivity contribution is 5.98. The zero-order valence-corrected chi connectivity index (χ0v) is 10.2. The van der Waals surface area contributed by atoms with Crippen LogP contribution in [0.5, 0.6) is 5.75 Å². The number of hydrogen-bond donors (Lipinski definition) is 1. The highest BCUT2D eigenvalue weighted by Crippen LogP contribution is 2.37. The molecule has 19 heavy (non-hydrogen) atoms. The van der Waals surface area contributed by atoms with E-state index in [9.17, 15) is 4.79 Å². The van der Waals surface area contributed by atoms with Crippen molar-refractivity contribution < 1.29 is 9.53 Å². The first-order chi connectivity index (χ1) is 9.17. The number of hydrogen-bond acceptors (Lipinski definition) is 5. The van der Waals surface area contributed by atoms with Crippen LogP contribution in [0.2, 0.25) is 0 Å². The van der Waals surface area contributed by atoms with Crippen LogP contribution in [-0.4, -0.2) is 19.6 Å². The van der Waals surface area contributed by atoms with Gasteiger partial charge in [0.15, 0.2) is 12.4 Å². The molecule has 0 saturated heterocycles. The van der Waals surface area contributed by atoms with Crippen LogP contribution < -0.4 is 15.0 Å². The molecule has 6 nitrogen and oxygen atoms in total. The third-order valence-corrected chi connectivity index (χ3v) is 2.68. The predicted molar refractivity (Wildman–Crippen MR) is 68.3 cm³/mol. The Bertz CT molecular complexity index is 621. The van der Waals surface area contributed by atoms with E-state index in [2.05, 4.69) is 5.32 Å². The fourth-order valence-corrected chi connectivity index (χ4v) is 1.66. The lowest BCUT2D eigenvalue weighted by atomic mass is 10.2. The van der Waals surface area contributed by atoms with Gasteiger partial charge in [-0.1, -0.05) is 6.07 Å². The van der Waals surface area contributed by atoms with E-state index in [1.807, 2.05) is 0 Å². The largest absolute Gasteiger partial charge is 0.479 e. The maximum atomic E-state index is 11.5. The van der Waals surface area contributed by atoms with Gasteiger partial charge in [-0.25, -0.2) is 0 Å². The van der Waals surface area contributed by atoms with Crippen LogP contribution in [0.4, 0.5) is 11.4 Å². The second kappa shape index (κ2) is 5.11. The summed E-state index contributed by atoms with van der Waals surface area (Å²) in [4.78, 5) is 13.0. The van der Waals surface area contributed by atoms with Crippen LogP contribution in [0.15, 0.2) is 30.0 Å². The van der Waals surface area contributed by atoms with E-state index in [1.54, 1.807) is 37.4 Å². The monoisotopic (exact) mass is 254 g/mol. The molecule has 1 aliphatic heterocycles. The molecule has 0 aliphatic carbocycles. The van der Waals surface area contributed by atoms with Crippen molar-refractivity contribution in [1.29, 1.82) is 10.5 Å². The first-order valence-corrected chi connectivity index (χ1v) is 5.46. The van der Waals surface area contributed by atoms with Crippen molar-refractivity contribution in [2.24, 2.45) is 0 Å². The highest BCUT2D eigenvalue weighted by atomic mass is 16.5. The standard InChI is InChI=1S/C13H10N4O2/c1-17-11-4-2-3-10(13(11)19-8-12(17)18)16-7-9(5-14)6-15/h2-4,7,16H,8H2,1H3. The summed E-state index contributed by atoms with van der Waals surface area (Å²) in [5.74, 6) is 0.394. The number of nitriles is 2. The summed E-state index contributed by atoms with van der Waals surface area (Å²) in [6, 6.07) is 8.76. The smallest absolute Gasteiger partial charge is 0.264 e. The molecule has 94 valence electrons. The van der Waals surface area contributed by atoms with Crippen LogP contribution in [-0.2, 0) is 4.79 Å². The number of carbonyl (C=O) groups excluding carboxylic acids is 1. The van der Waals surface area contributed by atoms with E-state index in [0.29, 0.717) is 17.1 Å². The minimum atomic E-state index is -0.130. The number of amides is 1. The van der Waals surface area contributed by atoms with E-state index in [4.69, 9.17) is 15.3 Å². The Kier molecular flexibility index (Phi) is 3.35. The number of rotatable bonds is 2. The molecule has 1 amide bonds. The molecule has 0 aromatic heterocycles. The Morgan fingerprint density at radius 1 is 1.47 bits per heavy atom. The van der Waals surface area contributed by atoms with Crippen molar-refractivity contribution in [2.75, 3.05) is 23.9 Å². The van der Waals surface area contributed by atoms with Crippen molar-refractivity contribution in [1.82, 2.24) is 0 Å². The molecule has 2 rings (SSSR count). The summed E-state index contributed by atoms with van der Waals surface area (Å²) in [5, 5.41) is 20.1. The molecule has 1 heterocycles. The fourth-order valence-electron chi connectivity index (χ4n) is 1.66. The maximum absolute atomic E-state index is 11.5. The van der Waals surface area contributed by atoms with Crippen molar-refractivity contribution >= 4 is 17.3 Å². The Balaban J connectivity index is 2.35. The van der Waals surface area contributed by atoms with Gasteiger partial charge in [0.05, 0.1) is 11.4 Å². The van der Waals surface area contributed by atoms with Crippen LogP contribution >= 0.6 is 0 Å². The minimum Gasteiger partial charge on any atom is -0.479 e. The van der Waals surface area contributed by atoms with Crippen LogP contribution in [0.1, 0.15) is 0 Å². The Hall–Kier alpha value is -2.99. The van der Waals surface area contributed by atoms with Gasteiger partial charge in [-0.05, 0) is 12.1 Å². The van der Waals surface area contributed by atoms with E-state index in [0.717, 1.165) is 0 Å². The molecule has 0 fully saturated rings. The van der Waals surface area contributed by atoms with Gasteiger partial charge < -0.3 is 15.0 Å². The summed E-state index contributed by atoms with van der Waals surface area (Å²) in [6.07, 6.45) is 1.30. The number of carbonyl (C=O) groups is 1. The number of anilines is 2. The van der Waals surface area contributed by atoms with E-state index in [-0.39, 0.29) is 18.1 Å². The SMILES string of the molecule is CN1C(=O)COc2c(NC=C(C#N)C#N)cccc21. The van der Waals surface area contributed by atoms with E-state index >= 15 is 0 Å². The zero-order valence-electron chi connectivity index (χ0n) is 10.2. The van der Waals surface area contributed by atoms with Gasteiger partial charge in [0.1, 0.15) is 17.7 Å². The number of para-hydroxylation sites is 1. The van der Waals surface area contributed by atoms with Crippen molar-refractivity contribution in [2.45, 2.75) is 0 Å².